The van der Waals surface area contributed by atoms with Crippen molar-refractivity contribution in [2.24, 2.45) is 17.8 Å². The number of nitrogens with one attached hydrogen (secondary N) is 2. The number of nitrogens with zero attached hydrogens (tertiary/aromatic N) is 2. The summed E-state index contributed by atoms with van der Waals surface area (Å²) in [6.45, 7) is 20.7. The molecule has 0 radical (unpaired) electrons. The zero-order valence-corrected chi connectivity index (χ0v) is 46.2. The molecule has 0 unspecified atom stereocenters. The summed E-state index contributed by atoms with van der Waals surface area (Å²) < 4.78 is 56.4. The molecule has 1 aromatic rings. The standard InChI is InChI=1S/C53H92N4O15/c1-17-19-20-25-54-49(60)71-45-35(7)57(14)30-31(3)27-51(9,62)44(70-48-42(58)39(56(12)13)26-32(4)66-48)33(5)43(34(6)47(59)68-40(18-2)53(45,11)63)69-41-28-52(10,65-16)46(36(8)67-41)72-50(61)55-29-37-21-23-38(64-15)24-22-37/h21-24,31-36,39-46,48,58,62-63H,17-20,25-30H2,1-16H3,(H,54,60)(H,55,61)/t31-,32-,33+,34-,35-,36+,39+,40-,41+,42-,43+,44-,45-,46+,48+,51-,52-,53-/m1/s1. The predicted octanol–water partition coefficient (Wildman–Crippen LogP) is 5.77. The number of hydrogen-bond donors (Lipinski definition) is 5. The van der Waals surface area contributed by atoms with Crippen LogP contribution in [0.5, 0.6) is 5.75 Å². The Bertz CT molecular complexity index is 1840. The van der Waals surface area contributed by atoms with E-state index in [1.807, 2.05) is 70.8 Å². The summed E-state index contributed by atoms with van der Waals surface area (Å²) in [6.07, 6.45) is -7.80. The number of carbonyl (C=O) groups is 3. The number of cyclic esters (lactones) is 1. The van der Waals surface area contributed by atoms with E-state index < -0.39 is 108 Å². The number of likely N-dealkylation sites (N-methyl/N-ethyl adjacent to an activating group) is 2. The Balaban J connectivity index is 1.76. The summed E-state index contributed by atoms with van der Waals surface area (Å²) in [6, 6.07) is 6.34. The SMILES string of the molecule is CCCCCNC(=O)O[C@@H]1[C@@H](C)N(C)C[C@H](C)C[C@@](C)(O)[C@H](O[C@@H]2O[C@H](C)C[C@H](N(C)C)[C@H]2O)[C@@H](C)[C@H](O[C@H]2C[C@@](C)(OC)[C@@H](OC(=O)NCc3ccc(OC)cc3)[C@H](C)O2)[C@@H](C)C(=O)O[C@H](CC)[C@@]1(C)O. The van der Waals surface area contributed by atoms with Crippen LogP contribution in [0, 0.1) is 17.8 Å². The number of benzene rings is 1. The number of aliphatic hydroxyl groups is 3. The Hall–Kier alpha value is -3.37. The summed E-state index contributed by atoms with van der Waals surface area (Å²) in [4.78, 5) is 45.5. The van der Waals surface area contributed by atoms with Crippen LogP contribution < -0.4 is 15.4 Å². The second-order valence-electron chi connectivity index (χ2n) is 21.8. The highest BCUT2D eigenvalue weighted by atomic mass is 16.7. The zero-order valence-electron chi connectivity index (χ0n) is 46.2. The fourth-order valence-electron chi connectivity index (χ4n) is 10.9. The second kappa shape index (κ2) is 26.9. The molecule has 0 aromatic heterocycles. The van der Waals surface area contributed by atoms with Gasteiger partial charge in [-0.05, 0) is 119 Å². The van der Waals surface area contributed by atoms with Crippen LogP contribution in [0.15, 0.2) is 24.3 Å². The number of carbonyl (C=O) groups excluding carboxylic acids is 3. The molecule has 3 saturated heterocycles. The van der Waals surface area contributed by atoms with Gasteiger partial charge in [0.15, 0.2) is 24.8 Å². The normalized spacial score (nSPS) is 38.7. The van der Waals surface area contributed by atoms with E-state index in [0.29, 0.717) is 25.3 Å². The molecule has 18 atom stereocenters. The number of amides is 2. The van der Waals surface area contributed by atoms with Crippen molar-refractivity contribution in [2.45, 2.75) is 218 Å². The number of ether oxygens (including phenoxy) is 9. The number of unbranched alkanes of at least 4 members (excludes halogenated alkanes) is 2. The van der Waals surface area contributed by atoms with E-state index in [-0.39, 0.29) is 43.9 Å². The average molecular weight is 1030 g/mol. The average Bonchev–Trinajstić information content (AvgIpc) is 3.32. The van der Waals surface area contributed by atoms with Crippen molar-refractivity contribution in [2.75, 3.05) is 48.5 Å². The van der Waals surface area contributed by atoms with Crippen LogP contribution in [-0.2, 0) is 49.2 Å². The topological polar surface area (TPSA) is 226 Å². The Morgan fingerprint density at radius 1 is 0.875 bits per heavy atom. The smallest absolute Gasteiger partial charge is 0.407 e. The Kier molecular flexibility index (Phi) is 22.9. The highest BCUT2D eigenvalue weighted by molar-refractivity contribution is 5.73. The van der Waals surface area contributed by atoms with Gasteiger partial charge in [-0.15, -0.1) is 0 Å². The van der Waals surface area contributed by atoms with Crippen molar-refractivity contribution in [3.05, 3.63) is 29.8 Å². The zero-order chi connectivity index (χ0) is 53.9. The van der Waals surface area contributed by atoms with Crippen molar-refractivity contribution in [3.63, 3.8) is 0 Å². The Morgan fingerprint density at radius 2 is 1.51 bits per heavy atom. The molecule has 414 valence electrons. The van der Waals surface area contributed by atoms with E-state index >= 15 is 0 Å². The van der Waals surface area contributed by atoms with Crippen molar-refractivity contribution in [1.29, 1.82) is 0 Å². The van der Waals surface area contributed by atoms with Gasteiger partial charge in [0.05, 0.1) is 43.0 Å². The first-order valence-electron chi connectivity index (χ1n) is 26.1. The van der Waals surface area contributed by atoms with Crippen molar-refractivity contribution in [3.8, 4) is 5.75 Å². The number of methoxy groups -OCH3 is 2. The lowest BCUT2D eigenvalue weighted by Gasteiger charge is -2.49. The molecule has 3 aliphatic heterocycles. The van der Waals surface area contributed by atoms with Gasteiger partial charge in [-0.25, -0.2) is 9.59 Å². The number of esters is 1. The Labute approximate surface area is 429 Å². The van der Waals surface area contributed by atoms with Crippen LogP contribution in [0.1, 0.15) is 127 Å². The quantitative estimate of drug-likeness (QED) is 0.0753. The largest absolute Gasteiger partial charge is 0.497 e. The molecule has 5 N–H and O–H groups in total. The van der Waals surface area contributed by atoms with Crippen LogP contribution in [0.4, 0.5) is 9.59 Å². The van der Waals surface area contributed by atoms with Gasteiger partial charge in [-0.2, -0.15) is 0 Å². The van der Waals surface area contributed by atoms with Gasteiger partial charge in [0.2, 0.25) is 0 Å². The lowest BCUT2D eigenvalue weighted by atomic mass is 9.77. The molecule has 72 heavy (non-hydrogen) atoms. The highest BCUT2D eigenvalue weighted by Gasteiger charge is 2.54. The lowest BCUT2D eigenvalue weighted by molar-refractivity contribution is -0.317. The molecule has 19 heteroatoms. The predicted molar refractivity (Wildman–Crippen MR) is 270 cm³/mol. The molecule has 3 heterocycles. The molecule has 3 fully saturated rings. The van der Waals surface area contributed by atoms with Crippen molar-refractivity contribution < 1.29 is 72.3 Å². The summed E-state index contributed by atoms with van der Waals surface area (Å²) in [5.74, 6) is -2.25. The summed E-state index contributed by atoms with van der Waals surface area (Å²) in [7, 11) is 8.70. The fourth-order valence-corrected chi connectivity index (χ4v) is 10.9. The summed E-state index contributed by atoms with van der Waals surface area (Å²) in [5, 5.41) is 42.9. The minimum atomic E-state index is -1.90. The monoisotopic (exact) mass is 1020 g/mol. The molecule has 19 nitrogen and oxygen atoms in total. The van der Waals surface area contributed by atoms with Gasteiger partial charge >= 0.3 is 18.2 Å². The third-order valence-electron chi connectivity index (χ3n) is 15.2. The third-order valence-corrected chi connectivity index (χ3v) is 15.2. The van der Waals surface area contributed by atoms with Gasteiger partial charge in [0, 0.05) is 51.2 Å². The van der Waals surface area contributed by atoms with E-state index in [2.05, 4.69) is 17.6 Å². The summed E-state index contributed by atoms with van der Waals surface area (Å²) in [5.41, 5.74) is -3.88. The molecule has 0 aliphatic carbocycles. The molecule has 1 aromatic carbocycles. The number of alkyl carbamates (subject to hydrolysis) is 2. The molecule has 0 saturated carbocycles. The molecule has 3 aliphatic rings. The maximum Gasteiger partial charge on any atom is 0.407 e. The first-order chi connectivity index (χ1) is 33.7. The maximum absolute atomic E-state index is 14.9. The fraction of sp³-hybridized carbons (Fsp3) is 0.830. The van der Waals surface area contributed by atoms with Crippen LogP contribution in [0.25, 0.3) is 0 Å². The van der Waals surface area contributed by atoms with Crippen molar-refractivity contribution in [1.82, 2.24) is 20.4 Å². The minimum absolute atomic E-state index is 0.0384. The van der Waals surface area contributed by atoms with Gasteiger partial charge in [0.1, 0.15) is 29.2 Å². The van der Waals surface area contributed by atoms with E-state index in [1.54, 1.807) is 53.9 Å². The first kappa shape index (κ1) is 61.2. The molecular weight excluding hydrogens is 933 g/mol. The van der Waals surface area contributed by atoms with Crippen LogP contribution in [0.2, 0.25) is 0 Å². The van der Waals surface area contributed by atoms with E-state index in [0.717, 1.165) is 24.8 Å². The molecule has 0 spiro atoms. The molecule has 0 bridgehead atoms. The van der Waals surface area contributed by atoms with E-state index in [9.17, 15) is 29.7 Å². The van der Waals surface area contributed by atoms with Gasteiger partial charge in [0.25, 0.3) is 0 Å². The number of rotatable bonds is 16. The van der Waals surface area contributed by atoms with Gasteiger partial charge < -0.3 is 73.5 Å². The third kappa shape index (κ3) is 15.8. The molecule has 2 amide bonds. The number of aliphatic hydroxyl groups excluding tert-OH is 1. The molecule has 4 rings (SSSR count). The van der Waals surface area contributed by atoms with E-state index in [4.69, 9.17) is 42.6 Å². The second-order valence-corrected chi connectivity index (χ2v) is 21.8. The highest BCUT2D eigenvalue weighted by Crippen LogP contribution is 2.41. The van der Waals surface area contributed by atoms with Gasteiger partial charge in [-0.3, -0.25) is 9.69 Å². The maximum atomic E-state index is 14.9. The number of hydrogen-bond acceptors (Lipinski definition) is 17. The van der Waals surface area contributed by atoms with Crippen molar-refractivity contribution >= 4 is 18.2 Å². The van der Waals surface area contributed by atoms with Crippen LogP contribution >= 0.6 is 0 Å². The van der Waals surface area contributed by atoms with Gasteiger partial charge in [-0.1, -0.05) is 52.7 Å². The Morgan fingerprint density at radius 3 is 2.11 bits per heavy atom. The van der Waals surface area contributed by atoms with E-state index in [1.165, 1.54) is 14.0 Å². The first-order valence-corrected chi connectivity index (χ1v) is 26.1. The summed E-state index contributed by atoms with van der Waals surface area (Å²) >= 11 is 0. The molecular formula is C53H92N4O15. The minimum Gasteiger partial charge on any atom is -0.497 e. The van der Waals surface area contributed by atoms with Crippen LogP contribution in [0.3, 0.4) is 0 Å². The van der Waals surface area contributed by atoms with Crippen LogP contribution in [-0.4, -0.2) is 182 Å². The lowest BCUT2D eigenvalue weighted by Crippen LogP contribution is -2.61.